The van der Waals surface area contributed by atoms with Gasteiger partial charge in [-0.05, 0) is 18.6 Å². The molecule has 0 aliphatic rings. The van der Waals surface area contributed by atoms with Gasteiger partial charge in [-0.3, -0.25) is 0 Å². The van der Waals surface area contributed by atoms with Gasteiger partial charge in [0.2, 0.25) is 10.0 Å². The van der Waals surface area contributed by atoms with E-state index in [9.17, 15) is 13.5 Å². The Morgan fingerprint density at radius 2 is 1.50 bits per heavy atom. The fourth-order valence-corrected chi connectivity index (χ4v) is 4.02. The first kappa shape index (κ1) is 22.8. The largest absolute Gasteiger partial charge is 0.508 e. The van der Waals surface area contributed by atoms with Crippen LogP contribution in [0.1, 0.15) is 71.1 Å². The summed E-state index contributed by atoms with van der Waals surface area (Å²) in [6, 6.07) is 6.78. The van der Waals surface area contributed by atoms with E-state index in [0.717, 1.165) is 24.9 Å². The van der Waals surface area contributed by atoms with E-state index in [-0.39, 0.29) is 11.5 Å². The van der Waals surface area contributed by atoms with Crippen LogP contribution >= 0.6 is 0 Å². The molecule has 1 rings (SSSR count). The van der Waals surface area contributed by atoms with Crippen molar-refractivity contribution < 1.29 is 13.5 Å². The first-order valence-corrected chi connectivity index (χ1v) is 11.7. The topological polar surface area (TPSA) is 78.4 Å². The highest BCUT2D eigenvalue weighted by Crippen LogP contribution is 2.14. The summed E-state index contributed by atoms with van der Waals surface area (Å²) < 4.78 is 26.5. The van der Waals surface area contributed by atoms with Crippen LogP contribution in [0.3, 0.4) is 0 Å². The number of hydrogen-bond acceptors (Lipinski definition) is 4. The fraction of sp³-hybridized carbons (Fsp3) is 0.700. The molecule has 0 saturated carbocycles. The first-order chi connectivity index (χ1) is 12.5. The molecule has 5 nitrogen and oxygen atoms in total. The van der Waals surface area contributed by atoms with Crippen LogP contribution in [0.25, 0.3) is 0 Å². The second-order valence-electron chi connectivity index (χ2n) is 6.87. The second-order valence-corrected chi connectivity index (χ2v) is 8.80. The number of anilines is 1. The van der Waals surface area contributed by atoms with Crippen molar-refractivity contribution in [3.05, 3.63) is 24.3 Å². The Kier molecular flexibility index (Phi) is 12.1. The van der Waals surface area contributed by atoms with Crippen molar-refractivity contribution in [1.82, 2.24) is 4.72 Å². The molecule has 0 aliphatic carbocycles. The minimum absolute atomic E-state index is 0.191. The number of sulfonamides is 1. The molecule has 0 bridgehead atoms. The Hall–Kier alpha value is -1.27. The summed E-state index contributed by atoms with van der Waals surface area (Å²) in [6.45, 7) is 3.06. The molecule has 0 aromatic heterocycles. The molecule has 0 amide bonds. The third-order valence-electron chi connectivity index (χ3n) is 4.39. The zero-order valence-corrected chi connectivity index (χ0v) is 17.0. The number of unbranched alkanes of at least 4 members (excludes halogenated alkanes) is 9. The smallest absolute Gasteiger partial charge is 0.211 e. The van der Waals surface area contributed by atoms with Crippen LogP contribution in [0, 0.1) is 0 Å². The molecule has 150 valence electrons. The number of nitrogens with one attached hydrogen (secondary N) is 2. The molecule has 0 radical (unpaired) electrons. The first-order valence-electron chi connectivity index (χ1n) is 10.0. The van der Waals surface area contributed by atoms with Crippen LogP contribution in [-0.2, 0) is 10.0 Å². The van der Waals surface area contributed by atoms with E-state index in [2.05, 4.69) is 17.0 Å². The SMILES string of the molecule is CCCCCCCCCCCCS(=O)(=O)NCCNc1cccc(O)c1. The van der Waals surface area contributed by atoms with Crippen LogP contribution in [-0.4, -0.2) is 32.4 Å². The predicted molar refractivity (Wildman–Crippen MR) is 110 cm³/mol. The zero-order chi connectivity index (χ0) is 19.1. The van der Waals surface area contributed by atoms with Gasteiger partial charge in [0.05, 0.1) is 5.75 Å². The van der Waals surface area contributed by atoms with Gasteiger partial charge < -0.3 is 10.4 Å². The molecule has 1 aromatic carbocycles. The van der Waals surface area contributed by atoms with Gasteiger partial charge >= 0.3 is 0 Å². The number of aromatic hydroxyl groups is 1. The molecule has 6 heteroatoms. The maximum Gasteiger partial charge on any atom is 0.211 e. The van der Waals surface area contributed by atoms with Gasteiger partial charge in [0, 0.05) is 24.8 Å². The number of hydrogen-bond donors (Lipinski definition) is 3. The molecule has 0 saturated heterocycles. The maximum absolute atomic E-state index is 12.0. The second kappa shape index (κ2) is 13.9. The van der Waals surface area contributed by atoms with Crippen molar-refractivity contribution in [1.29, 1.82) is 0 Å². The lowest BCUT2D eigenvalue weighted by Crippen LogP contribution is -2.30. The Labute approximate surface area is 159 Å². The Balaban J connectivity index is 1.99. The molecule has 0 fully saturated rings. The summed E-state index contributed by atoms with van der Waals surface area (Å²) in [5.74, 6) is 0.395. The normalized spacial score (nSPS) is 11.6. The summed E-state index contributed by atoms with van der Waals surface area (Å²) in [7, 11) is -3.19. The van der Waals surface area contributed by atoms with Crippen LogP contribution in [0.2, 0.25) is 0 Å². The highest BCUT2D eigenvalue weighted by Gasteiger charge is 2.08. The third kappa shape index (κ3) is 12.1. The van der Waals surface area contributed by atoms with E-state index in [4.69, 9.17) is 0 Å². The molecule has 0 unspecified atom stereocenters. The van der Waals surface area contributed by atoms with Gasteiger partial charge in [-0.15, -0.1) is 0 Å². The number of benzene rings is 1. The van der Waals surface area contributed by atoms with Gasteiger partial charge in [0.1, 0.15) is 5.75 Å². The van der Waals surface area contributed by atoms with Crippen LogP contribution in [0.15, 0.2) is 24.3 Å². The average molecular weight is 385 g/mol. The van der Waals surface area contributed by atoms with E-state index >= 15 is 0 Å². The summed E-state index contributed by atoms with van der Waals surface area (Å²) in [4.78, 5) is 0. The quantitative estimate of drug-likeness (QED) is 0.363. The lowest BCUT2D eigenvalue weighted by molar-refractivity contribution is 0.475. The van der Waals surface area contributed by atoms with Crippen molar-refractivity contribution in [3.63, 3.8) is 0 Å². The maximum atomic E-state index is 12.0. The van der Waals surface area contributed by atoms with Crippen molar-refractivity contribution in [3.8, 4) is 5.75 Å². The number of phenols is 1. The molecule has 3 N–H and O–H groups in total. The van der Waals surface area contributed by atoms with Crippen molar-refractivity contribution >= 4 is 15.7 Å². The third-order valence-corrected chi connectivity index (χ3v) is 5.86. The lowest BCUT2D eigenvalue weighted by Gasteiger charge is -2.09. The number of rotatable bonds is 16. The monoisotopic (exact) mass is 384 g/mol. The molecule has 26 heavy (non-hydrogen) atoms. The summed E-state index contributed by atoms with van der Waals surface area (Å²) in [6.07, 6.45) is 12.0. The summed E-state index contributed by atoms with van der Waals surface area (Å²) >= 11 is 0. The van der Waals surface area contributed by atoms with E-state index in [1.54, 1.807) is 18.2 Å². The van der Waals surface area contributed by atoms with Gasteiger partial charge in [-0.1, -0.05) is 70.8 Å². The highest BCUT2D eigenvalue weighted by molar-refractivity contribution is 7.89. The van der Waals surface area contributed by atoms with Gasteiger partial charge in [0.15, 0.2) is 0 Å². The van der Waals surface area contributed by atoms with Gasteiger partial charge in [-0.2, -0.15) is 0 Å². The van der Waals surface area contributed by atoms with Crippen molar-refractivity contribution in [2.24, 2.45) is 0 Å². The lowest BCUT2D eigenvalue weighted by atomic mass is 10.1. The number of phenolic OH excluding ortho intramolecular Hbond substituents is 1. The molecule has 0 aliphatic heterocycles. The molecule has 1 aromatic rings. The fourth-order valence-electron chi connectivity index (χ4n) is 2.88. The average Bonchev–Trinajstić information content (AvgIpc) is 2.60. The summed E-state index contributed by atoms with van der Waals surface area (Å²) in [5, 5.41) is 12.4. The Morgan fingerprint density at radius 3 is 2.12 bits per heavy atom. The molecular weight excluding hydrogens is 348 g/mol. The molecule has 0 spiro atoms. The molecule has 0 atom stereocenters. The molecule has 0 heterocycles. The minimum Gasteiger partial charge on any atom is -0.508 e. The van der Waals surface area contributed by atoms with E-state index in [1.165, 1.54) is 44.9 Å². The Bertz CT molecular complexity index is 576. The molecular formula is C20H36N2O3S. The van der Waals surface area contributed by atoms with E-state index in [1.807, 2.05) is 6.07 Å². The standard InChI is InChI=1S/C20H36N2O3S/c1-2-3-4-5-6-7-8-9-10-11-17-26(24,25)22-16-15-21-19-13-12-14-20(23)18-19/h12-14,18,21-23H,2-11,15-17H2,1H3. The van der Waals surface area contributed by atoms with Crippen molar-refractivity contribution in [2.45, 2.75) is 71.1 Å². The predicted octanol–water partition coefficient (Wildman–Crippen LogP) is 4.64. The minimum atomic E-state index is -3.19. The van der Waals surface area contributed by atoms with E-state index in [0.29, 0.717) is 13.1 Å². The van der Waals surface area contributed by atoms with Gasteiger partial charge in [0.25, 0.3) is 0 Å². The zero-order valence-electron chi connectivity index (χ0n) is 16.2. The highest BCUT2D eigenvalue weighted by atomic mass is 32.2. The van der Waals surface area contributed by atoms with E-state index < -0.39 is 10.0 Å². The summed E-state index contributed by atoms with van der Waals surface area (Å²) in [5.41, 5.74) is 0.777. The van der Waals surface area contributed by atoms with Crippen LogP contribution in [0.5, 0.6) is 5.75 Å². The van der Waals surface area contributed by atoms with Crippen LogP contribution in [0.4, 0.5) is 5.69 Å². The Morgan fingerprint density at radius 1 is 0.885 bits per heavy atom. The van der Waals surface area contributed by atoms with Crippen LogP contribution < -0.4 is 10.0 Å². The van der Waals surface area contributed by atoms with Gasteiger partial charge in [-0.25, -0.2) is 13.1 Å². The van der Waals surface area contributed by atoms with Crippen molar-refractivity contribution in [2.75, 3.05) is 24.2 Å².